The molecule has 140 valence electrons. The number of aromatic nitrogens is 3. The van der Waals surface area contributed by atoms with E-state index in [4.69, 9.17) is 10.3 Å². The molecule has 4 N–H and O–H groups in total. The van der Waals surface area contributed by atoms with Gasteiger partial charge in [-0.2, -0.15) is 0 Å². The molecule has 0 aliphatic heterocycles. The van der Waals surface area contributed by atoms with E-state index in [0.29, 0.717) is 29.0 Å². The SMILES string of the molecule is Nn1c(SCCC(=O)NC(=O)NCc2ccccc2)nnc1-c1ccco1. The van der Waals surface area contributed by atoms with Crippen LogP contribution in [0.5, 0.6) is 0 Å². The van der Waals surface area contributed by atoms with E-state index in [2.05, 4.69) is 20.8 Å². The number of nitrogens with one attached hydrogen (secondary N) is 2. The molecule has 0 atom stereocenters. The number of carbonyl (C=O) groups is 2. The number of urea groups is 1. The van der Waals surface area contributed by atoms with E-state index in [1.807, 2.05) is 30.3 Å². The molecule has 9 nitrogen and oxygen atoms in total. The first-order chi connectivity index (χ1) is 13.1. The van der Waals surface area contributed by atoms with Crippen molar-refractivity contribution in [2.75, 3.05) is 11.6 Å². The molecule has 0 fully saturated rings. The van der Waals surface area contributed by atoms with E-state index in [9.17, 15) is 9.59 Å². The van der Waals surface area contributed by atoms with Crippen molar-refractivity contribution in [3.63, 3.8) is 0 Å². The summed E-state index contributed by atoms with van der Waals surface area (Å²) in [5.41, 5.74) is 0.949. The number of rotatable bonds is 7. The predicted octanol–water partition coefficient (Wildman–Crippen LogP) is 1.76. The zero-order valence-corrected chi connectivity index (χ0v) is 15.1. The maximum Gasteiger partial charge on any atom is 0.321 e. The number of hydrogen-bond donors (Lipinski definition) is 3. The molecule has 2 heterocycles. The molecule has 0 aliphatic carbocycles. The van der Waals surface area contributed by atoms with E-state index in [1.54, 1.807) is 12.1 Å². The van der Waals surface area contributed by atoms with Crippen molar-refractivity contribution in [1.82, 2.24) is 25.5 Å². The van der Waals surface area contributed by atoms with Crippen LogP contribution in [0.3, 0.4) is 0 Å². The van der Waals surface area contributed by atoms with E-state index in [-0.39, 0.29) is 12.3 Å². The number of carbonyl (C=O) groups excluding carboxylic acids is 2. The Morgan fingerprint density at radius 3 is 2.70 bits per heavy atom. The molecule has 0 unspecified atom stereocenters. The zero-order chi connectivity index (χ0) is 19.1. The van der Waals surface area contributed by atoms with Crippen molar-refractivity contribution in [2.45, 2.75) is 18.1 Å². The lowest BCUT2D eigenvalue weighted by atomic mass is 10.2. The van der Waals surface area contributed by atoms with Crippen molar-refractivity contribution < 1.29 is 14.0 Å². The summed E-state index contributed by atoms with van der Waals surface area (Å²) in [5, 5.41) is 13.3. The van der Waals surface area contributed by atoms with Crippen LogP contribution >= 0.6 is 11.8 Å². The first-order valence-electron chi connectivity index (χ1n) is 8.12. The second-order valence-electron chi connectivity index (χ2n) is 5.47. The van der Waals surface area contributed by atoms with Gasteiger partial charge in [-0.1, -0.05) is 42.1 Å². The number of furan rings is 1. The average molecular weight is 386 g/mol. The number of hydrogen-bond acceptors (Lipinski definition) is 7. The highest BCUT2D eigenvalue weighted by atomic mass is 32.2. The normalized spacial score (nSPS) is 10.5. The largest absolute Gasteiger partial charge is 0.461 e. The lowest BCUT2D eigenvalue weighted by Gasteiger charge is -2.06. The lowest BCUT2D eigenvalue weighted by molar-refractivity contribution is -0.119. The molecule has 0 aliphatic rings. The minimum absolute atomic E-state index is 0.131. The third-order valence-corrected chi connectivity index (χ3v) is 4.46. The van der Waals surface area contributed by atoms with Gasteiger partial charge in [0.15, 0.2) is 5.76 Å². The average Bonchev–Trinajstić information content (AvgIpc) is 3.31. The molecule has 27 heavy (non-hydrogen) atoms. The van der Waals surface area contributed by atoms with E-state index in [1.165, 1.54) is 22.7 Å². The topological polar surface area (TPSA) is 128 Å². The molecule has 0 saturated carbocycles. The molecule has 3 amide bonds. The molecular formula is C17H18N6O3S. The number of thioether (sulfide) groups is 1. The summed E-state index contributed by atoms with van der Waals surface area (Å²) in [6.45, 7) is 0.348. The van der Waals surface area contributed by atoms with Crippen molar-refractivity contribution in [2.24, 2.45) is 0 Å². The van der Waals surface area contributed by atoms with E-state index >= 15 is 0 Å². The van der Waals surface area contributed by atoms with Gasteiger partial charge in [0.1, 0.15) is 0 Å². The van der Waals surface area contributed by atoms with Gasteiger partial charge in [0, 0.05) is 18.7 Å². The van der Waals surface area contributed by atoms with Crippen LogP contribution in [0.15, 0.2) is 58.3 Å². The van der Waals surface area contributed by atoms with Gasteiger partial charge in [-0.15, -0.1) is 10.2 Å². The zero-order valence-electron chi connectivity index (χ0n) is 14.3. The molecule has 3 rings (SSSR count). The second-order valence-corrected chi connectivity index (χ2v) is 6.53. The molecule has 1 aromatic carbocycles. The summed E-state index contributed by atoms with van der Waals surface area (Å²) in [5.74, 6) is 6.84. The van der Waals surface area contributed by atoms with Gasteiger partial charge in [0.2, 0.25) is 16.9 Å². The van der Waals surface area contributed by atoms with Crippen LogP contribution in [0.2, 0.25) is 0 Å². The van der Waals surface area contributed by atoms with Crippen LogP contribution in [-0.4, -0.2) is 32.6 Å². The Labute approximate surface area is 159 Å². The monoisotopic (exact) mass is 386 g/mol. The molecular weight excluding hydrogens is 368 g/mol. The summed E-state index contributed by atoms with van der Waals surface area (Å²) in [6.07, 6.45) is 1.65. The van der Waals surface area contributed by atoms with Gasteiger partial charge in [-0.05, 0) is 17.7 Å². The molecule has 0 spiro atoms. The Morgan fingerprint density at radius 1 is 1.15 bits per heavy atom. The van der Waals surface area contributed by atoms with Gasteiger partial charge in [-0.25, -0.2) is 9.47 Å². The number of nitrogens with zero attached hydrogens (tertiary/aromatic N) is 3. The smallest absolute Gasteiger partial charge is 0.321 e. The number of imide groups is 1. The minimum Gasteiger partial charge on any atom is -0.461 e. The van der Waals surface area contributed by atoms with Crippen molar-refractivity contribution in [3.05, 3.63) is 54.3 Å². The molecule has 2 aromatic heterocycles. The first kappa shape index (κ1) is 18.5. The highest BCUT2D eigenvalue weighted by Gasteiger charge is 2.15. The van der Waals surface area contributed by atoms with Crippen LogP contribution in [0, 0.1) is 0 Å². The summed E-state index contributed by atoms with van der Waals surface area (Å²) >= 11 is 1.26. The van der Waals surface area contributed by atoms with Gasteiger partial charge in [-0.3, -0.25) is 10.1 Å². The number of benzene rings is 1. The standard InChI is InChI=1S/C17H18N6O3S/c18-23-15(13-7-4-9-26-13)21-22-17(23)27-10-8-14(24)20-16(25)19-11-12-5-2-1-3-6-12/h1-7,9H,8,10-11,18H2,(H2,19,20,24,25). The van der Waals surface area contributed by atoms with Crippen LogP contribution < -0.4 is 16.5 Å². The summed E-state index contributed by atoms with van der Waals surface area (Å²) in [7, 11) is 0. The summed E-state index contributed by atoms with van der Waals surface area (Å²) < 4.78 is 6.53. The number of amides is 3. The Bertz CT molecular complexity index is 895. The van der Waals surface area contributed by atoms with Crippen molar-refractivity contribution >= 4 is 23.7 Å². The van der Waals surface area contributed by atoms with Crippen LogP contribution in [-0.2, 0) is 11.3 Å². The van der Waals surface area contributed by atoms with E-state index < -0.39 is 6.03 Å². The molecule has 0 radical (unpaired) electrons. The third-order valence-electron chi connectivity index (χ3n) is 3.52. The van der Waals surface area contributed by atoms with Gasteiger partial charge < -0.3 is 15.6 Å². The van der Waals surface area contributed by atoms with Crippen molar-refractivity contribution in [3.8, 4) is 11.6 Å². The molecule has 0 bridgehead atoms. The van der Waals surface area contributed by atoms with Crippen LogP contribution in [0.4, 0.5) is 4.79 Å². The first-order valence-corrected chi connectivity index (χ1v) is 9.11. The molecule has 3 aromatic rings. The van der Waals surface area contributed by atoms with E-state index in [0.717, 1.165) is 5.56 Å². The van der Waals surface area contributed by atoms with Crippen LogP contribution in [0.25, 0.3) is 11.6 Å². The predicted molar refractivity (Wildman–Crippen MR) is 100 cm³/mol. The lowest BCUT2D eigenvalue weighted by Crippen LogP contribution is -2.39. The van der Waals surface area contributed by atoms with Crippen molar-refractivity contribution in [1.29, 1.82) is 0 Å². The number of nitrogens with two attached hydrogens (primary N) is 1. The molecule has 10 heteroatoms. The quantitative estimate of drug-likeness (QED) is 0.417. The van der Waals surface area contributed by atoms with Gasteiger partial charge in [0.05, 0.1) is 6.26 Å². The third kappa shape index (κ3) is 5.11. The fourth-order valence-electron chi connectivity index (χ4n) is 2.20. The van der Waals surface area contributed by atoms with Crippen LogP contribution in [0.1, 0.15) is 12.0 Å². The minimum atomic E-state index is -0.532. The van der Waals surface area contributed by atoms with Gasteiger partial charge >= 0.3 is 6.03 Å². The molecule has 0 saturated heterocycles. The fraction of sp³-hybridized carbons (Fsp3) is 0.176. The summed E-state index contributed by atoms with van der Waals surface area (Å²) in [6, 6.07) is 12.3. The maximum atomic E-state index is 11.9. The summed E-state index contributed by atoms with van der Waals surface area (Å²) in [4.78, 5) is 23.6. The Kier molecular flexibility index (Phi) is 6.10. The Balaban J connectivity index is 1.40. The van der Waals surface area contributed by atoms with Gasteiger partial charge in [0.25, 0.3) is 0 Å². The number of nitrogen functional groups attached to an aromatic ring is 1. The Morgan fingerprint density at radius 2 is 1.96 bits per heavy atom. The highest BCUT2D eigenvalue weighted by Crippen LogP contribution is 2.22. The Hall–Kier alpha value is -3.27. The fourth-order valence-corrected chi connectivity index (χ4v) is 2.99. The maximum absolute atomic E-state index is 11.9. The highest BCUT2D eigenvalue weighted by molar-refractivity contribution is 7.99. The second kappa shape index (κ2) is 8.90.